The number of ether oxygens (including phenoxy) is 1. The number of hydrogen-bond acceptors (Lipinski definition) is 4. The molecule has 1 aromatic rings. The van der Waals surface area contributed by atoms with E-state index in [-0.39, 0.29) is 12.1 Å². The molecule has 0 saturated heterocycles. The highest BCUT2D eigenvalue weighted by molar-refractivity contribution is 5.89. The van der Waals surface area contributed by atoms with Gasteiger partial charge in [0.2, 0.25) is 0 Å². The van der Waals surface area contributed by atoms with E-state index in [0.717, 1.165) is 0 Å². The highest BCUT2D eigenvalue weighted by Gasteiger charge is 2.17. The zero-order valence-electron chi connectivity index (χ0n) is 11.4. The second-order valence-corrected chi connectivity index (χ2v) is 5.23. The summed E-state index contributed by atoms with van der Waals surface area (Å²) in [7, 11) is 0. The van der Waals surface area contributed by atoms with E-state index in [2.05, 4.69) is 5.32 Å². The van der Waals surface area contributed by atoms with Crippen LogP contribution in [0.1, 0.15) is 43.0 Å². The van der Waals surface area contributed by atoms with Crippen molar-refractivity contribution < 1.29 is 9.53 Å². The second-order valence-electron chi connectivity index (χ2n) is 5.23. The zero-order valence-corrected chi connectivity index (χ0v) is 11.4. The number of hydrogen-bond donors (Lipinski definition) is 2. The number of nitrogens with one attached hydrogen (secondary N) is 1. The van der Waals surface area contributed by atoms with Crippen molar-refractivity contribution >= 4 is 11.7 Å². The fourth-order valence-electron chi connectivity index (χ4n) is 2.37. The lowest BCUT2D eigenvalue weighted by molar-refractivity contribution is 0.0337. The number of anilines is 1. The van der Waals surface area contributed by atoms with Crippen LogP contribution in [0.3, 0.4) is 0 Å². The maximum absolute atomic E-state index is 11.9. The molecule has 0 aromatic heterocycles. The monoisotopic (exact) mass is 262 g/mol. The molecule has 2 rings (SSSR count). The van der Waals surface area contributed by atoms with E-state index in [1.165, 1.54) is 25.7 Å². The summed E-state index contributed by atoms with van der Waals surface area (Å²) in [5.41, 5.74) is 6.77. The molecule has 3 N–H and O–H groups in total. The van der Waals surface area contributed by atoms with Gasteiger partial charge >= 0.3 is 5.97 Å². The normalized spacial score (nSPS) is 17.3. The van der Waals surface area contributed by atoms with Crippen molar-refractivity contribution in [3.05, 3.63) is 29.8 Å². The number of nitrogen functional groups attached to an aromatic ring is 1. The van der Waals surface area contributed by atoms with Gasteiger partial charge in [0.05, 0.1) is 5.56 Å². The van der Waals surface area contributed by atoms with Gasteiger partial charge in [-0.05, 0) is 44.0 Å². The summed E-state index contributed by atoms with van der Waals surface area (Å²) < 4.78 is 5.39. The number of carbonyl (C=O) groups is 1. The van der Waals surface area contributed by atoms with Crippen LogP contribution >= 0.6 is 0 Å². The number of nitrogens with two attached hydrogens (primary N) is 1. The van der Waals surface area contributed by atoms with Crippen LogP contribution in [0, 0.1) is 0 Å². The van der Waals surface area contributed by atoms with Crippen LogP contribution in [0.5, 0.6) is 0 Å². The molecule has 19 heavy (non-hydrogen) atoms. The third-order valence-electron chi connectivity index (χ3n) is 3.50. The minimum absolute atomic E-state index is 0.120. The summed E-state index contributed by atoms with van der Waals surface area (Å²) in [6.07, 6.45) is 4.96. The number of esters is 1. The molecule has 1 fully saturated rings. The summed E-state index contributed by atoms with van der Waals surface area (Å²) in [5.74, 6) is -0.291. The Hall–Kier alpha value is -1.55. The Morgan fingerprint density at radius 2 is 2.00 bits per heavy atom. The molecule has 0 aliphatic heterocycles. The van der Waals surface area contributed by atoms with Crippen LogP contribution in [-0.2, 0) is 4.74 Å². The fraction of sp³-hybridized carbons (Fsp3) is 0.533. The molecule has 1 aliphatic carbocycles. The van der Waals surface area contributed by atoms with Crippen LogP contribution in [0.15, 0.2) is 24.3 Å². The van der Waals surface area contributed by atoms with Crippen LogP contribution in [-0.4, -0.2) is 24.7 Å². The molecule has 4 nitrogen and oxygen atoms in total. The Labute approximate surface area is 114 Å². The lowest BCUT2D eigenvalue weighted by Gasteiger charge is -2.17. The molecule has 0 heterocycles. The van der Waals surface area contributed by atoms with Crippen LogP contribution < -0.4 is 11.1 Å². The summed E-state index contributed by atoms with van der Waals surface area (Å²) in [4.78, 5) is 11.9. The molecule has 1 aromatic carbocycles. The zero-order chi connectivity index (χ0) is 13.7. The van der Waals surface area contributed by atoms with E-state index in [1.54, 1.807) is 24.3 Å². The maximum Gasteiger partial charge on any atom is 0.338 e. The standard InChI is InChI=1S/C15H22N2O2/c1-11(10-17-14-4-2-3-5-14)19-15(18)12-6-8-13(16)9-7-12/h6-9,11,14,17H,2-5,10,16H2,1H3. The average molecular weight is 262 g/mol. The first kappa shape index (κ1) is 13.9. The van der Waals surface area contributed by atoms with Crippen LogP contribution in [0.25, 0.3) is 0 Å². The first-order valence-electron chi connectivity index (χ1n) is 6.95. The molecule has 1 saturated carbocycles. The first-order valence-corrected chi connectivity index (χ1v) is 6.95. The molecule has 1 unspecified atom stereocenters. The smallest absolute Gasteiger partial charge is 0.338 e. The molecule has 0 spiro atoms. The fourth-order valence-corrected chi connectivity index (χ4v) is 2.37. The third kappa shape index (κ3) is 4.24. The minimum atomic E-state index is -0.291. The van der Waals surface area contributed by atoms with E-state index in [9.17, 15) is 4.79 Å². The maximum atomic E-state index is 11.9. The molecular formula is C15H22N2O2. The van der Waals surface area contributed by atoms with Crippen molar-refractivity contribution in [2.24, 2.45) is 0 Å². The molecule has 1 atom stereocenters. The largest absolute Gasteiger partial charge is 0.458 e. The van der Waals surface area contributed by atoms with Gasteiger partial charge in [0.25, 0.3) is 0 Å². The van der Waals surface area contributed by atoms with Crippen molar-refractivity contribution in [3.63, 3.8) is 0 Å². The van der Waals surface area contributed by atoms with Gasteiger partial charge in [-0.3, -0.25) is 0 Å². The molecule has 0 amide bonds. The van der Waals surface area contributed by atoms with Crippen molar-refractivity contribution in [3.8, 4) is 0 Å². The number of rotatable bonds is 5. The average Bonchev–Trinajstić information content (AvgIpc) is 2.90. The molecule has 1 aliphatic rings. The van der Waals surface area contributed by atoms with Crippen molar-refractivity contribution in [2.45, 2.75) is 44.8 Å². The summed E-state index contributed by atoms with van der Waals surface area (Å²) in [6, 6.07) is 7.39. The van der Waals surface area contributed by atoms with E-state index in [1.807, 2.05) is 6.92 Å². The van der Waals surface area contributed by atoms with Crippen molar-refractivity contribution in [1.29, 1.82) is 0 Å². The van der Waals surface area contributed by atoms with Gasteiger partial charge in [-0.15, -0.1) is 0 Å². The van der Waals surface area contributed by atoms with E-state index in [0.29, 0.717) is 23.8 Å². The minimum Gasteiger partial charge on any atom is -0.458 e. The van der Waals surface area contributed by atoms with Crippen LogP contribution in [0.2, 0.25) is 0 Å². The predicted octanol–water partition coefficient (Wildman–Crippen LogP) is 2.35. The van der Waals surface area contributed by atoms with Gasteiger partial charge in [0.15, 0.2) is 0 Å². The van der Waals surface area contributed by atoms with Gasteiger partial charge in [-0.2, -0.15) is 0 Å². The number of carbonyl (C=O) groups excluding carboxylic acids is 1. The quantitative estimate of drug-likeness (QED) is 0.631. The van der Waals surface area contributed by atoms with E-state index in [4.69, 9.17) is 10.5 Å². The molecule has 0 bridgehead atoms. The second kappa shape index (κ2) is 6.57. The molecule has 104 valence electrons. The Morgan fingerprint density at radius 3 is 2.63 bits per heavy atom. The Morgan fingerprint density at radius 1 is 1.37 bits per heavy atom. The Balaban J connectivity index is 1.76. The summed E-state index contributed by atoms with van der Waals surface area (Å²) in [6.45, 7) is 2.63. The van der Waals surface area contributed by atoms with Crippen molar-refractivity contribution in [1.82, 2.24) is 5.32 Å². The lowest BCUT2D eigenvalue weighted by Crippen LogP contribution is -2.34. The lowest BCUT2D eigenvalue weighted by atomic mass is 10.2. The third-order valence-corrected chi connectivity index (χ3v) is 3.50. The Kier molecular flexibility index (Phi) is 4.80. The molecule has 0 radical (unpaired) electrons. The van der Waals surface area contributed by atoms with Crippen molar-refractivity contribution in [2.75, 3.05) is 12.3 Å². The molecular weight excluding hydrogens is 240 g/mol. The van der Waals surface area contributed by atoms with Gasteiger partial charge in [0.1, 0.15) is 6.10 Å². The van der Waals surface area contributed by atoms with Gasteiger partial charge in [0, 0.05) is 18.3 Å². The topological polar surface area (TPSA) is 64.3 Å². The first-order chi connectivity index (χ1) is 9.15. The van der Waals surface area contributed by atoms with Gasteiger partial charge in [-0.25, -0.2) is 4.79 Å². The summed E-state index contributed by atoms with van der Waals surface area (Å²) >= 11 is 0. The molecule has 4 heteroatoms. The highest BCUT2D eigenvalue weighted by Crippen LogP contribution is 2.17. The van der Waals surface area contributed by atoms with Crippen LogP contribution in [0.4, 0.5) is 5.69 Å². The van der Waals surface area contributed by atoms with Gasteiger partial charge < -0.3 is 15.8 Å². The van der Waals surface area contributed by atoms with Gasteiger partial charge in [-0.1, -0.05) is 12.8 Å². The SMILES string of the molecule is CC(CNC1CCCC1)OC(=O)c1ccc(N)cc1. The Bertz CT molecular complexity index is 411. The number of benzene rings is 1. The van der Waals surface area contributed by atoms with E-state index >= 15 is 0 Å². The highest BCUT2D eigenvalue weighted by atomic mass is 16.5. The summed E-state index contributed by atoms with van der Waals surface area (Å²) in [5, 5.41) is 3.45. The van der Waals surface area contributed by atoms with E-state index < -0.39 is 0 Å². The predicted molar refractivity (Wildman–Crippen MR) is 76.0 cm³/mol.